The SMILES string of the molecule is CCCC[N+]1=C(/C=C/C(=C/C=C2/N(CCCS(=O)(=O)O)c3ccc4c(S(=O)(=O)O)cccc4c3C2(C)C)c2ccc(C(=O)NCCCCCC(=O)NCc3ccc(C(=O)CCCC(=O)Cc4nnc(S(N)(=O)=O)s4)cn3)cn2)C(C)(C)c2c1ccc1ccccc21. The number of pyridine rings is 2. The van der Waals surface area contributed by atoms with Crippen LogP contribution in [0.5, 0.6) is 0 Å². The number of nitrogens with one attached hydrogen (secondary N) is 2. The smallest absolute Gasteiger partial charge is 0.295 e. The van der Waals surface area contributed by atoms with Crippen LogP contribution in [-0.4, -0.2) is 114 Å². The average Bonchev–Trinajstić information content (AvgIpc) is 1.60. The maximum atomic E-state index is 13.6. The van der Waals surface area contributed by atoms with E-state index in [1.165, 1.54) is 29.4 Å². The Hall–Kier alpha value is -8.04. The number of Topliss-reactive ketones (excluding diaryl/α,β-unsaturated/α-hetero) is 2. The predicted molar refractivity (Wildman–Crippen MR) is 351 cm³/mol. The highest BCUT2D eigenvalue weighted by Gasteiger charge is 2.46. The van der Waals surface area contributed by atoms with Gasteiger partial charge in [0, 0.05) is 102 Å². The van der Waals surface area contributed by atoms with E-state index in [9.17, 15) is 53.5 Å². The van der Waals surface area contributed by atoms with Crippen LogP contribution < -0.4 is 20.7 Å². The number of unbranched alkanes of at least 4 members (excludes halogenated alkanes) is 3. The summed E-state index contributed by atoms with van der Waals surface area (Å²) >= 11 is 0.728. The van der Waals surface area contributed by atoms with Crippen LogP contribution in [0.1, 0.15) is 147 Å². The fraction of sp³-hybridized carbons (Fsp3) is 0.348. The van der Waals surface area contributed by atoms with E-state index in [0.717, 1.165) is 58.8 Å². The molecule has 3 aromatic heterocycles. The van der Waals surface area contributed by atoms with Crippen molar-refractivity contribution in [3.63, 3.8) is 0 Å². The lowest BCUT2D eigenvalue weighted by atomic mass is 9.79. The molecule has 2 aliphatic heterocycles. The van der Waals surface area contributed by atoms with Crippen LogP contribution in [-0.2, 0) is 63.6 Å². The van der Waals surface area contributed by atoms with Crippen LogP contribution in [0.4, 0.5) is 11.4 Å². The zero-order valence-electron chi connectivity index (χ0n) is 51.3. The molecule has 0 atom stereocenters. The molecule has 2 amide bonds. The van der Waals surface area contributed by atoms with Crippen LogP contribution in [0, 0.1) is 0 Å². The number of aromatic nitrogens is 4. The van der Waals surface area contributed by atoms with Crippen molar-refractivity contribution in [2.75, 3.05) is 30.3 Å². The zero-order chi connectivity index (χ0) is 65.5. The third kappa shape index (κ3) is 16.0. The number of ketones is 2. The summed E-state index contributed by atoms with van der Waals surface area (Å²) in [5.74, 6) is -1.41. The summed E-state index contributed by atoms with van der Waals surface area (Å²) in [5.41, 5.74) is 6.90. The Morgan fingerprint density at radius 1 is 0.725 bits per heavy atom. The summed E-state index contributed by atoms with van der Waals surface area (Å²) < 4.78 is 94.3. The maximum absolute atomic E-state index is 13.6. The molecule has 0 fully saturated rings. The second kappa shape index (κ2) is 28.2. The standard InChI is InChI=1S/C66H73N9O12S4/c1-6-7-36-74-53-31-25-43-16-10-11-18-49(43)61(53)65(2,3)57(74)33-26-44(27-34-58-66(4,5)62-51-19-14-21-56(91(85,86)87)50(51)29-32-54(62)75(58)37-15-38-89(80,81)82)52-30-24-46(41-70-52)63(79)68-35-12-8-9-22-59(78)71-42-47-28-23-45(40-69-47)55(77)20-13-17-48(76)39-60-72-73-64(88-60)90(67,83)84/h10-11,14,16,18-19,21,23-34,40-41H,6-9,12-13,15,17,20,22,35-39,42H2,1-5H3,(H5-,67,68,71,78,79,80,81,82,83,84,85,86,87)/p+1. The van der Waals surface area contributed by atoms with E-state index >= 15 is 0 Å². The molecule has 4 aromatic carbocycles. The normalized spacial score (nSPS) is 15.2. The van der Waals surface area contributed by atoms with Gasteiger partial charge in [-0.2, -0.15) is 21.4 Å². The number of hydrogen-bond acceptors (Lipinski definition) is 16. The van der Waals surface area contributed by atoms with Crippen molar-refractivity contribution in [3.05, 3.63) is 172 Å². The fourth-order valence-electron chi connectivity index (χ4n) is 12.0. The molecule has 0 spiro atoms. The van der Waals surface area contributed by atoms with Gasteiger partial charge in [0.05, 0.1) is 41.1 Å². The molecule has 21 nitrogen and oxygen atoms in total. The first-order valence-corrected chi connectivity index (χ1v) is 35.5. The Morgan fingerprint density at radius 2 is 1.48 bits per heavy atom. The summed E-state index contributed by atoms with van der Waals surface area (Å²) in [6.07, 6.45) is 15.5. The predicted octanol–water partition coefficient (Wildman–Crippen LogP) is 10.1. The van der Waals surface area contributed by atoms with Gasteiger partial charge in [0.1, 0.15) is 22.2 Å². The van der Waals surface area contributed by atoms with Crippen molar-refractivity contribution in [1.82, 2.24) is 30.8 Å². The molecule has 5 heterocycles. The Bertz CT molecular complexity index is 4440. The van der Waals surface area contributed by atoms with E-state index in [2.05, 4.69) is 87.6 Å². The number of allylic oxidation sites excluding steroid dienone is 6. The summed E-state index contributed by atoms with van der Waals surface area (Å²) in [6.45, 7) is 12.1. The minimum Gasteiger partial charge on any atom is -0.352 e. The van der Waals surface area contributed by atoms with Gasteiger partial charge in [-0.05, 0) is 116 Å². The van der Waals surface area contributed by atoms with Crippen molar-refractivity contribution in [1.29, 1.82) is 0 Å². The van der Waals surface area contributed by atoms with Gasteiger partial charge in [0.15, 0.2) is 11.5 Å². The topological polar surface area (TPSA) is 319 Å². The van der Waals surface area contributed by atoms with Gasteiger partial charge in [-0.1, -0.05) is 93.5 Å². The number of anilines is 1. The van der Waals surface area contributed by atoms with Gasteiger partial charge in [-0.3, -0.25) is 38.3 Å². The second-order valence-corrected chi connectivity index (χ2v) is 29.5. The van der Waals surface area contributed by atoms with Crippen molar-refractivity contribution >= 4 is 109 Å². The number of amides is 2. The highest BCUT2D eigenvalue weighted by atomic mass is 32.2. The first kappa shape index (κ1) is 67.4. The van der Waals surface area contributed by atoms with E-state index in [-0.39, 0.29) is 89.2 Å². The fourth-order valence-corrected chi connectivity index (χ4v) is 14.7. The Kier molecular flexibility index (Phi) is 20.9. The molecule has 25 heteroatoms. The van der Waals surface area contributed by atoms with Gasteiger partial charge >= 0.3 is 0 Å². The number of carbonyl (C=O) groups excluding carboxylic acids is 4. The molecule has 0 saturated carbocycles. The van der Waals surface area contributed by atoms with Crippen molar-refractivity contribution < 1.29 is 58.1 Å². The number of fused-ring (bicyclic) bond motifs is 6. The van der Waals surface area contributed by atoms with Gasteiger partial charge in [0.25, 0.3) is 36.2 Å². The van der Waals surface area contributed by atoms with E-state index in [1.807, 2.05) is 43.0 Å². The lowest BCUT2D eigenvalue weighted by molar-refractivity contribution is -0.438. The molecule has 91 heavy (non-hydrogen) atoms. The molecule has 2 aliphatic rings. The maximum Gasteiger partial charge on any atom is 0.295 e. The largest absolute Gasteiger partial charge is 0.352 e. The number of benzene rings is 4. The molecule has 0 unspecified atom stereocenters. The number of sulfonamides is 1. The van der Waals surface area contributed by atoms with Crippen molar-refractivity contribution in [3.8, 4) is 0 Å². The molecular weight excluding hydrogens is 1240 g/mol. The molecule has 0 saturated heterocycles. The molecule has 9 rings (SSSR count). The molecule has 6 N–H and O–H groups in total. The third-order valence-electron chi connectivity index (χ3n) is 16.4. The van der Waals surface area contributed by atoms with Crippen LogP contribution in [0.25, 0.3) is 27.1 Å². The Labute approximate surface area is 534 Å². The lowest BCUT2D eigenvalue weighted by Gasteiger charge is -2.27. The molecule has 0 radical (unpaired) electrons. The molecule has 478 valence electrons. The molecule has 7 aromatic rings. The summed E-state index contributed by atoms with van der Waals surface area (Å²) in [6, 6.07) is 27.6. The highest BCUT2D eigenvalue weighted by molar-refractivity contribution is 7.91. The number of rotatable bonds is 29. The van der Waals surface area contributed by atoms with E-state index < -0.39 is 46.8 Å². The number of nitrogens with zero attached hydrogens (tertiary/aromatic N) is 6. The average molecular weight is 1310 g/mol. The highest BCUT2D eigenvalue weighted by Crippen LogP contribution is 2.52. The van der Waals surface area contributed by atoms with Gasteiger partial charge in [-0.25, -0.2) is 13.6 Å². The van der Waals surface area contributed by atoms with Crippen LogP contribution >= 0.6 is 11.3 Å². The van der Waals surface area contributed by atoms with Crippen LogP contribution in [0.15, 0.2) is 143 Å². The Balaban J connectivity index is 0.865. The summed E-state index contributed by atoms with van der Waals surface area (Å²) in [4.78, 5) is 62.4. The van der Waals surface area contributed by atoms with Crippen molar-refractivity contribution in [2.24, 2.45) is 5.14 Å². The monoisotopic (exact) mass is 1310 g/mol. The first-order valence-electron chi connectivity index (χ1n) is 30.1. The molecular formula is C66H74N9O12S4+. The quantitative estimate of drug-likeness (QED) is 0.00957. The Morgan fingerprint density at radius 3 is 2.19 bits per heavy atom. The third-order valence-corrected chi connectivity index (χ3v) is 20.4. The first-order chi connectivity index (χ1) is 43.1. The number of hydrogen-bond donors (Lipinski definition) is 5. The second-order valence-electron chi connectivity index (χ2n) is 23.7. The van der Waals surface area contributed by atoms with Gasteiger partial charge < -0.3 is 15.5 Å². The van der Waals surface area contributed by atoms with E-state index in [1.54, 1.807) is 48.5 Å². The van der Waals surface area contributed by atoms with Gasteiger partial charge in [-0.15, -0.1) is 10.2 Å². The minimum atomic E-state index is -4.60. The number of nitrogens with two attached hydrogens (primary N) is 1. The minimum absolute atomic E-state index is 0.0679. The van der Waals surface area contributed by atoms with Crippen LogP contribution in [0.2, 0.25) is 0 Å². The summed E-state index contributed by atoms with van der Waals surface area (Å²) in [7, 11) is -12.9. The summed E-state index contributed by atoms with van der Waals surface area (Å²) in [5, 5.41) is 21.5. The van der Waals surface area contributed by atoms with Crippen molar-refractivity contribution in [2.45, 2.75) is 132 Å². The van der Waals surface area contributed by atoms with E-state index in [0.29, 0.717) is 70.4 Å². The molecule has 0 aliphatic carbocycles. The van der Waals surface area contributed by atoms with Crippen LogP contribution in [0.3, 0.4) is 0 Å². The number of primary sulfonamides is 1. The van der Waals surface area contributed by atoms with E-state index in [4.69, 9.17) is 10.1 Å². The zero-order valence-corrected chi connectivity index (χ0v) is 54.6. The lowest BCUT2D eigenvalue weighted by Crippen LogP contribution is -2.28. The number of carbonyl (C=O) groups is 4. The molecule has 0 bridgehead atoms. The van der Waals surface area contributed by atoms with Gasteiger partial charge in [0.2, 0.25) is 15.9 Å².